The number of benzene rings is 1. The van der Waals surface area contributed by atoms with Crippen LogP contribution in [0.5, 0.6) is 0 Å². The first-order chi connectivity index (χ1) is 11.6. The van der Waals surface area contributed by atoms with Crippen LogP contribution in [-0.4, -0.2) is 48.8 Å². The molecule has 1 aliphatic heterocycles. The van der Waals surface area contributed by atoms with E-state index >= 15 is 0 Å². The SMILES string of the molecule is O=C(NC1(C(=O)O)CCCCC1)c1ccc(N2CCOCC2)cc1. The van der Waals surface area contributed by atoms with Crippen LogP contribution in [0.1, 0.15) is 42.5 Å². The summed E-state index contributed by atoms with van der Waals surface area (Å²) in [6.45, 7) is 3.11. The van der Waals surface area contributed by atoms with Crippen molar-refractivity contribution in [3.63, 3.8) is 0 Å². The van der Waals surface area contributed by atoms with E-state index in [4.69, 9.17) is 4.74 Å². The fraction of sp³-hybridized carbons (Fsp3) is 0.556. The summed E-state index contributed by atoms with van der Waals surface area (Å²) in [5.41, 5.74) is 0.441. The second-order valence-corrected chi connectivity index (χ2v) is 6.55. The zero-order valence-electron chi connectivity index (χ0n) is 13.8. The van der Waals surface area contributed by atoms with Gasteiger partial charge in [0.25, 0.3) is 5.91 Å². The van der Waals surface area contributed by atoms with Crippen LogP contribution < -0.4 is 10.2 Å². The Labute approximate surface area is 141 Å². The largest absolute Gasteiger partial charge is 0.480 e. The van der Waals surface area contributed by atoms with Crippen LogP contribution in [0.15, 0.2) is 24.3 Å². The third-order valence-electron chi connectivity index (χ3n) is 4.98. The standard InChI is InChI=1S/C18H24N2O4/c21-16(19-18(17(22)23)8-2-1-3-9-18)14-4-6-15(7-5-14)20-10-12-24-13-11-20/h4-7H,1-3,8-13H2,(H,19,21)(H,22,23). The summed E-state index contributed by atoms with van der Waals surface area (Å²) < 4.78 is 5.34. The van der Waals surface area contributed by atoms with Gasteiger partial charge in [-0.3, -0.25) is 4.79 Å². The minimum Gasteiger partial charge on any atom is -0.480 e. The summed E-state index contributed by atoms with van der Waals surface area (Å²) in [6, 6.07) is 7.35. The lowest BCUT2D eigenvalue weighted by Gasteiger charge is -2.34. The van der Waals surface area contributed by atoms with E-state index in [1.807, 2.05) is 12.1 Å². The summed E-state index contributed by atoms with van der Waals surface area (Å²) in [5.74, 6) is -1.24. The summed E-state index contributed by atoms with van der Waals surface area (Å²) in [6.07, 6.45) is 3.70. The highest BCUT2D eigenvalue weighted by atomic mass is 16.5. The van der Waals surface area contributed by atoms with E-state index in [0.29, 0.717) is 31.6 Å². The fourth-order valence-electron chi connectivity index (χ4n) is 3.48. The summed E-state index contributed by atoms with van der Waals surface area (Å²) in [5, 5.41) is 12.3. The second kappa shape index (κ2) is 7.21. The number of carbonyl (C=O) groups is 2. The molecule has 1 aliphatic carbocycles. The van der Waals surface area contributed by atoms with Gasteiger partial charge in [-0.2, -0.15) is 0 Å². The van der Waals surface area contributed by atoms with Gasteiger partial charge in [-0.05, 0) is 37.1 Å². The summed E-state index contributed by atoms with van der Waals surface area (Å²) >= 11 is 0. The first kappa shape index (κ1) is 16.8. The number of amides is 1. The molecule has 0 unspecified atom stereocenters. The maximum atomic E-state index is 12.5. The van der Waals surface area contributed by atoms with Crippen molar-refractivity contribution in [2.45, 2.75) is 37.6 Å². The number of hydrogen-bond acceptors (Lipinski definition) is 4. The maximum absolute atomic E-state index is 12.5. The summed E-state index contributed by atoms with van der Waals surface area (Å²) in [7, 11) is 0. The first-order valence-electron chi connectivity index (χ1n) is 8.59. The average molecular weight is 332 g/mol. The van der Waals surface area contributed by atoms with Crippen LogP contribution in [-0.2, 0) is 9.53 Å². The molecule has 1 amide bonds. The number of aliphatic carboxylic acids is 1. The zero-order chi connectivity index (χ0) is 17.0. The van der Waals surface area contributed by atoms with Gasteiger partial charge >= 0.3 is 5.97 Å². The van der Waals surface area contributed by atoms with Crippen molar-refractivity contribution in [2.75, 3.05) is 31.2 Å². The molecular weight excluding hydrogens is 308 g/mol. The van der Waals surface area contributed by atoms with Crippen LogP contribution in [0.25, 0.3) is 0 Å². The number of morpholine rings is 1. The van der Waals surface area contributed by atoms with Gasteiger partial charge in [0.2, 0.25) is 0 Å². The number of nitrogens with zero attached hydrogens (tertiary/aromatic N) is 1. The molecule has 2 aliphatic rings. The molecular formula is C18H24N2O4. The van der Waals surface area contributed by atoms with Crippen molar-refractivity contribution in [3.8, 4) is 0 Å². The van der Waals surface area contributed by atoms with Gasteiger partial charge in [-0.15, -0.1) is 0 Å². The minimum atomic E-state index is -1.11. The molecule has 24 heavy (non-hydrogen) atoms. The normalized spacial score (nSPS) is 20.4. The molecule has 0 atom stereocenters. The molecule has 1 heterocycles. The van der Waals surface area contributed by atoms with Crippen molar-refractivity contribution in [1.82, 2.24) is 5.32 Å². The van der Waals surface area contributed by atoms with E-state index in [9.17, 15) is 14.7 Å². The molecule has 6 heteroatoms. The van der Waals surface area contributed by atoms with E-state index < -0.39 is 11.5 Å². The third kappa shape index (κ3) is 3.53. The van der Waals surface area contributed by atoms with Crippen molar-refractivity contribution < 1.29 is 19.4 Å². The Morgan fingerprint density at radius 2 is 1.67 bits per heavy atom. The average Bonchev–Trinajstić information content (AvgIpc) is 2.63. The Morgan fingerprint density at radius 1 is 1.04 bits per heavy atom. The van der Waals surface area contributed by atoms with Crippen LogP contribution in [0, 0.1) is 0 Å². The lowest BCUT2D eigenvalue weighted by Crippen LogP contribution is -2.55. The molecule has 6 nitrogen and oxygen atoms in total. The highest BCUT2D eigenvalue weighted by molar-refractivity contribution is 5.98. The number of hydrogen-bond donors (Lipinski definition) is 2. The minimum absolute atomic E-state index is 0.312. The molecule has 2 N–H and O–H groups in total. The topological polar surface area (TPSA) is 78.9 Å². The summed E-state index contributed by atoms with van der Waals surface area (Å²) in [4.78, 5) is 26.4. The molecule has 0 bridgehead atoms. The number of rotatable bonds is 4. The fourth-order valence-corrected chi connectivity index (χ4v) is 3.48. The molecule has 1 aromatic carbocycles. The van der Waals surface area contributed by atoms with E-state index in [0.717, 1.165) is 38.0 Å². The third-order valence-corrected chi connectivity index (χ3v) is 4.98. The van der Waals surface area contributed by atoms with Gasteiger partial charge in [0.1, 0.15) is 5.54 Å². The zero-order valence-corrected chi connectivity index (χ0v) is 13.8. The predicted octanol–water partition coefficient (Wildman–Crippen LogP) is 2.04. The molecule has 1 saturated carbocycles. The number of ether oxygens (including phenoxy) is 1. The Balaban J connectivity index is 1.69. The van der Waals surface area contributed by atoms with Crippen molar-refractivity contribution in [2.24, 2.45) is 0 Å². The Morgan fingerprint density at radius 3 is 2.25 bits per heavy atom. The van der Waals surface area contributed by atoms with Gasteiger partial charge in [0, 0.05) is 24.3 Å². The quantitative estimate of drug-likeness (QED) is 0.882. The van der Waals surface area contributed by atoms with Crippen molar-refractivity contribution in [1.29, 1.82) is 0 Å². The number of carbonyl (C=O) groups excluding carboxylic acids is 1. The highest BCUT2D eigenvalue weighted by Crippen LogP contribution is 2.29. The molecule has 1 aromatic rings. The Bertz CT molecular complexity index is 588. The molecule has 1 saturated heterocycles. The van der Waals surface area contributed by atoms with Crippen LogP contribution in [0.3, 0.4) is 0 Å². The number of anilines is 1. The number of carboxylic acid groups (broad SMARTS) is 1. The number of carboxylic acids is 1. The van der Waals surface area contributed by atoms with Gasteiger partial charge in [-0.1, -0.05) is 19.3 Å². The molecule has 3 rings (SSSR count). The van der Waals surface area contributed by atoms with Gasteiger partial charge < -0.3 is 20.1 Å². The second-order valence-electron chi connectivity index (χ2n) is 6.55. The first-order valence-corrected chi connectivity index (χ1v) is 8.59. The smallest absolute Gasteiger partial charge is 0.329 e. The highest BCUT2D eigenvalue weighted by Gasteiger charge is 2.41. The van der Waals surface area contributed by atoms with Gasteiger partial charge in [0.05, 0.1) is 13.2 Å². The van der Waals surface area contributed by atoms with Crippen LogP contribution in [0.2, 0.25) is 0 Å². The van der Waals surface area contributed by atoms with E-state index in [1.54, 1.807) is 12.1 Å². The van der Waals surface area contributed by atoms with Crippen molar-refractivity contribution >= 4 is 17.6 Å². The lowest BCUT2D eigenvalue weighted by atomic mass is 9.81. The monoisotopic (exact) mass is 332 g/mol. The predicted molar refractivity (Wildman–Crippen MR) is 90.4 cm³/mol. The number of nitrogens with one attached hydrogen (secondary N) is 1. The molecule has 0 spiro atoms. The molecule has 0 radical (unpaired) electrons. The maximum Gasteiger partial charge on any atom is 0.329 e. The van der Waals surface area contributed by atoms with Crippen LogP contribution in [0.4, 0.5) is 5.69 Å². The van der Waals surface area contributed by atoms with E-state index in [-0.39, 0.29) is 5.91 Å². The Kier molecular flexibility index (Phi) is 5.04. The van der Waals surface area contributed by atoms with Crippen LogP contribution >= 0.6 is 0 Å². The van der Waals surface area contributed by atoms with E-state index in [1.165, 1.54) is 0 Å². The molecule has 2 fully saturated rings. The van der Waals surface area contributed by atoms with E-state index in [2.05, 4.69) is 10.2 Å². The van der Waals surface area contributed by atoms with Gasteiger partial charge in [0.15, 0.2) is 0 Å². The molecule has 130 valence electrons. The molecule has 0 aromatic heterocycles. The van der Waals surface area contributed by atoms with Crippen molar-refractivity contribution in [3.05, 3.63) is 29.8 Å². The Hall–Kier alpha value is -2.08. The van der Waals surface area contributed by atoms with Gasteiger partial charge in [-0.25, -0.2) is 4.79 Å². The lowest BCUT2D eigenvalue weighted by molar-refractivity contribution is -0.145.